The quantitative estimate of drug-likeness (QED) is 0.349. The Hall–Kier alpha value is -2.79. The molecule has 0 bridgehead atoms. The molecule has 4 rings (SSSR count). The zero-order valence-electron chi connectivity index (χ0n) is 20.4. The number of hydrogen-bond donors (Lipinski definition) is 2. The van der Waals surface area contributed by atoms with Crippen LogP contribution in [0, 0.1) is 0 Å². The number of rotatable bonds is 10. The van der Waals surface area contributed by atoms with Crippen molar-refractivity contribution >= 4 is 40.6 Å². The molecule has 0 aliphatic heterocycles. The van der Waals surface area contributed by atoms with Gasteiger partial charge in [0.25, 0.3) is 5.91 Å². The van der Waals surface area contributed by atoms with Crippen molar-refractivity contribution in [2.24, 2.45) is 0 Å². The summed E-state index contributed by atoms with van der Waals surface area (Å²) in [4.78, 5) is 19.3. The molecule has 0 radical (unpaired) electrons. The van der Waals surface area contributed by atoms with Crippen LogP contribution in [0.3, 0.4) is 0 Å². The first kappa shape index (κ1) is 25.8. The van der Waals surface area contributed by atoms with E-state index in [-0.39, 0.29) is 18.3 Å². The Morgan fingerprint density at radius 1 is 0.912 bits per heavy atom. The normalized spacial score (nSPS) is 12.5. The number of nitrogens with one attached hydrogen (secondary N) is 2. The molecule has 3 aromatic rings. The summed E-state index contributed by atoms with van der Waals surface area (Å²) >= 11 is 0. The van der Waals surface area contributed by atoms with E-state index in [1.54, 1.807) is 0 Å². The third-order valence-corrected chi connectivity index (χ3v) is 6.51. The Morgan fingerprint density at radius 3 is 2.38 bits per heavy atom. The smallest absolute Gasteiger partial charge is 0.251 e. The van der Waals surface area contributed by atoms with Gasteiger partial charge in [-0.2, -0.15) is 0 Å². The maximum absolute atomic E-state index is 12.3. The first-order valence-corrected chi connectivity index (χ1v) is 12.3. The van der Waals surface area contributed by atoms with Gasteiger partial charge in [0.2, 0.25) is 0 Å². The maximum Gasteiger partial charge on any atom is 0.251 e. The van der Waals surface area contributed by atoms with E-state index in [1.807, 2.05) is 43.3 Å². The summed E-state index contributed by atoms with van der Waals surface area (Å²) in [5, 5.41) is 8.04. The van der Waals surface area contributed by atoms with Gasteiger partial charge >= 0.3 is 0 Å². The average molecular weight is 481 g/mol. The number of aromatic nitrogens is 1. The Kier molecular flexibility index (Phi) is 9.58. The van der Waals surface area contributed by atoms with Crippen LogP contribution in [0.25, 0.3) is 10.9 Å². The number of carbonyl (C=O) groups is 1. The molecule has 2 aromatic carbocycles. The fourth-order valence-electron chi connectivity index (χ4n) is 4.61. The fourth-order valence-corrected chi connectivity index (χ4v) is 4.61. The van der Waals surface area contributed by atoms with Gasteiger partial charge in [-0.25, -0.2) is 0 Å². The van der Waals surface area contributed by atoms with Gasteiger partial charge in [0, 0.05) is 55.2 Å². The summed E-state index contributed by atoms with van der Waals surface area (Å²) in [7, 11) is 4.00. The SMILES string of the molecule is CN(C)c1ccc(C(=O)NCCCCCCNc2c3c(nc4ccccc24)CCCC3)cc1.Cl. The molecule has 2 N–H and O–H groups in total. The van der Waals surface area contributed by atoms with Gasteiger partial charge in [0.05, 0.1) is 5.52 Å². The number of carbonyl (C=O) groups excluding carboxylic acids is 1. The predicted molar refractivity (Wildman–Crippen MR) is 146 cm³/mol. The van der Waals surface area contributed by atoms with Gasteiger partial charge in [-0.05, 0) is 74.4 Å². The molecule has 1 amide bonds. The second-order valence-corrected chi connectivity index (χ2v) is 9.17. The zero-order valence-corrected chi connectivity index (χ0v) is 21.2. The molecule has 6 heteroatoms. The number of hydrogen-bond acceptors (Lipinski definition) is 4. The van der Waals surface area contributed by atoms with Crippen molar-refractivity contribution in [1.82, 2.24) is 10.3 Å². The average Bonchev–Trinajstić information content (AvgIpc) is 2.84. The molecule has 0 spiro atoms. The summed E-state index contributed by atoms with van der Waals surface area (Å²) in [6.07, 6.45) is 9.15. The topological polar surface area (TPSA) is 57.3 Å². The van der Waals surface area contributed by atoms with Crippen molar-refractivity contribution in [1.29, 1.82) is 0 Å². The minimum atomic E-state index is 0. The maximum atomic E-state index is 12.3. The first-order valence-electron chi connectivity index (χ1n) is 12.3. The summed E-state index contributed by atoms with van der Waals surface area (Å²) in [5.74, 6) is 0.0105. The number of para-hydroxylation sites is 1. The standard InChI is InChI=1S/C28H36N4O.ClH/c1-32(2)22-17-15-21(16-18-22)28(33)30-20-10-4-3-9-19-29-27-23-11-5-7-13-25(23)31-26-14-8-6-12-24(26)27;/h5,7,11,13,15-18H,3-4,6,8-10,12,14,19-20H2,1-2H3,(H,29,31)(H,30,33);1H. The van der Waals surface area contributed by atoms with Crippen molar-refractivity contribution in [2.75, 3.05) is 37.4 Å². The lowest BCUT2D eigenvalue weighted by atomic mass is 9.92. The van der Waals surface area contributed by atoms with E-state index in [1.165, 1.54) is 35.2 Å². The number of amides is 1. The van der Waals surface area contributed by atoms with Crippen molar-refractivity contribution in [3.05, 3.63) is 65.4 Å². The van der Waals surface area contributed by atoms with E-state index < -0.39 is 0 Å². The molecule has 0 fully saturated rings. The second-order valence-electron chi connectivity index (χ2n) is 9.17. The van der Waals surface area contributed by atoms with Crippen LogP contribution in [-0.2, 0) is 12.8 Å². The van der Waals surface area contributed by atoms with Crippen molar-refractivity contribution in [2.45, 2.75) is 51.4 Å². The largest absolute Gasteiger partial charge is 0.384 e. The number of pyridine rings is 1. The molecule has 1 aliphatic rings. The van der Waals surface area contributed by atoms with E-state index in [0.29, 0.717) is 0 Å². The molecule has 5 nitrogen and oxygen atoms in total. The minimum absolute atomic E-state index is 0. The summed E-state index contributed by atoms with van der Waals surface area (Å²) < 4.78 is 0. The van der Waals surface area contributed by atoms with Crippen LogP contribution in [0.15, 0.2) is 48.5 Å². The molecule has 1 heterocycles. The lowest BCUT2D eigenvalue weighted by Gasteiger charge is -2.21. The van der Waals surface area contributed by atoms with Gasteiger partial charge in [0.1, 0.15) is 0 Å². The Morgan fingerprint density at radius 2 is 1.62 bits per heavy atom. The van der Waals surface area contributed by atoms with E-state index >= 15 is 0 Å². The molecular weight excluding hydrogens is 444 g/mol. The third-order valence-electron chi connectivity index (χ3n) is 6.51. The highest BCUT2D eigenvalue weighted by Crippen LogP contribution is 2.33. The highest BCUT2D eigenvalue weighted by molar-refractivity contribution is 5.94. The van der Waals surface area contributed by atoms with Gasteiger partial charge in [0.15, 0.2) is 0 Å². The van der Waals surface area contributed by atoms with Crippen LogP contribution >= 0.6 is 12.4 Å². The van der Waals surface area contributed by atoms with Gasteiger partial charge in [-0.1, -0.05) is 31.0 Å². The highest BCUT2D eigenvalue weighted by atomic mass is 35.5. The van der Waals surface area contributed by atoms with Crippen molar-refractivity contribution < 1.29 is 4.79 Å². The Bertz CT molecular complexity index is 1080. The summed E-state index contributed by atoms with van der Waals surface area (Å²) in [6, 6.07) is 16.2. The molecule has 1 aliphatic carbocycles. The Balaban J connectivity index is 0.00000324. The number of fused-ring (bicyclic) bond motifs is 2. The lowest BCUT2D eigenvalue weighted by molar-refractivity contribution is 0.0953. The van der Waals surface area contributed by atoms with Crippen LogP contribution in [0.2, 0.25) is 0 Å². The number of nitrogens with zero attached hydrogens (tertiary/aromatic N) is 2. The molecular formula is C28H37ClN4O. The van der Waals surface area contributed by atoms with Gasteiger partial charge in [-0.15, -0.1) is 12.4 Å². The fraction of sp³-hybridized carbons (Fsp3) is 0.429. The number of halogens is 1. The molecule has 0 unspecified atom stereocenters. The lowest BCUT2D eigenvalue weighted by Crippen LogP contribution is -2.24. The first-order chi connectivity index (χ1) is 16.1. The second kappa shape index (κ2) is 12.6. The van der Waals surface area contributed by atoms with Crippen LogP contribution in [0.4, 0.5) is 11.4 Å². The predicted octanol–water partition coefficient (Wildman–Crippen LogP) is 6.00. The molecule has 0 atom stereocenters. The van der Waals surface area contributed by atoms with Crippen LogP contribution in [0.1, 0.15) is 60.1 Å². The Labute approximate surface area is 209 Å². The van der Waals surface area contributed by atoms with Crippen molar-refractivity contribution in [3.8, 4) is 0 Å². The van der Waals surface area contributed by atoms with Crippen molar-refractivity contribution in [3.63, 3.8) is 0 Å². The van der Waals surface area contributed by atoms with Crippen LogP contribution in [0.5, 0.6) is 0 Å². The summed E-state index contributed by atoms with van der Waals surface area (Å²) in [6.45, 7) is 1.70. The molecule has 34 heavy (non-hydrogen) atoms. The minimum Gasteiger partial charge on any atom is -0.384 e. The third kappa shape index (κ3) is 6.41. The molecule has 0 saturated carbocycles. The van der Waals surface area contributed by atoms with E-state index in [2.05, 4.69) is 34.9 Å². The van der Waals surface area contributed by atoms with Crippen LogP contribution in [-0.4, -0.2) is 38.1 Å². The number of benzene rings is 2. The molecule has 182 valence electrons. The van der Waals surface area contributed by atoms with E-state index in [9.17, 15) is 4.79 Å². The van der Waals surface area contributed by atoms with E-state index in [0.717, 1.165) is 68.4 Å². The van der Waals surface area contributed by atoms with E-state index in [4.69, 9.17) is 4.98 Å². The number of unbranched alkanes of at least 4 members (excludes halogenated alkanes) is 3. The summed E-state index contributed by atoms with van der Waals surface area (Å²) in [5.41, 5.74) is 6.95. The van der Waals surface area contributed by atoms with Crippen LogP contribution < -0.4 is 15.5 Å². The monoisotopic (exact) mass is 480 g/mol. The highest BCUT2D eigenvalue weighted by Gasteiger charge is 2.17. The number of aryl methyl sites for hydroxylation is 1. The number of anilines is 2. The molecule has 1 aromatic heterocycles. The van der Waals surface area contributed by atoms with Gasteiger partial charge in [-0.3, -0.25) is 9.78 Å². The van der Waals surface area contributed by atoms with Gasteiger partial charge < -0.3 is 15.5 Å². The zero-order chi connectivity index (χ0) is 23.0. The molecule has 0 saturated heterocycles.